The van der Waals surface area contributed by atoms with E-state index in [4.69, 9.17) is 9.47 Å². The third kappa shape index (κ3) is 3.99. The third-order valence-electron chi connectivity index (χ3n) is 3.62. The predicted molar refractivity (Wildman–Crippen MR) is 84.0 cm³/mol. The van der Waals surface area contributed by atoms with Crippen molar-refractivity contribution in [2.24, 2.45) is 0 Å². The Morgan fingerprint density at radius 2 is 1.71 bits per heavy atom. The second-order valence-corrected chi connectivity index (χ2v) is 5.15. The summed E-state index contributed by atoms with van der Waals surface area (Å²) in [6.07, 6.45) is 0.894. The fourth-order valence-corrected chi connectivity index (χ4v) is 2.31. The number of aliphatic hydroxyl groups excluding tert-OH is 1. The molecule has 2 rings (SSSR count). The Kier molecular flexibility index (Phi) is 5.23. The molecule has 1 N–H and O–H groups in total. The maximum Gasteiger partial charge on any atom is 0.124 e. The number of methoxy groups -OCH3 is 2. The quantitative estimate of drug-likeness (QED) is 0.880. The van der Waals surface area contributed by atoms with Crippen LogP contribution in [0.5, 0.6) is 11.5 Å². The molecule has 0 radical (unpaired) electrons. The van der Waals surface area contributed by atoms with Gasteiger partial charge in [0, 0.05) is 5.56 Å². The summed E-state index contributed by atoms with van der Waals surface area (Å²) in [7, 11) is 3.22. The Hall–Kier alpha value is -2.00. The van der Waals surface area contributed by atoms with E-state index in [9.17, 15) is 5.11 Å². The van der Waals surface area contributed by atoms with Crippen molar-refractivity contribution in [3.8, 4) is 11.5 Å². The van der Waals surface area contributed by atoms with Gasteiger partial charge in [-0.2, -0.15) is 0 Å². The van der Waals surface area contributed by atoms with E-state index in [-0.39, 0.29) is 0 Å². The zero-order chi connectivity index (χ0) is 15.2. The van der Waals surface area contributed by atoms with Gasteiger partial charge >= 0.3 is 0 Å². The molecule has 3 heteroatoms. The predicted octanol–water partition coefficient (Wildman–Crippen LogP) is 3.68. The van der Waals surface area contributed by atoms with Crippen LogP contribution in [0.2, 0.25) is 0 Å². The Morgan fingerprint density at radius 3 is 2.33 bits per heavy atom. The molecular weight excluding hydrogens is 264 g/mol. The van der Waals surface area contributed by atoms with Crippen LogP contribution >= 0.6 is 0 Å². The summed E-state index contributed by atoms with van der Waals surface area (Å²) in [5, 5.41) is 10.4. The molecule has 0 amide bonds. The molecule has 0 aliphatic heterocycles. The van der Waals surface area contributed by atoms with E-state index in [1.54, 1.807) is 14.2 Å². The smallest absolute Gasteiger partial charge is 0.124 e. The lowest BCUT2D eigenvalue weighted by Gasteiger charge is -2.16. The van der Waals surface area contributed by atoms with Crippen LogP contribution in [0.15, 0.2) is 42.5 Å². The van der Waals surface area contributed by atoms with Crippen LogP contribution in [0.25, 0.3) is 0 Å². The summed E-state index contributed by atoms with van der Waals surface area (Å²) in [5.74, 6) is 1.41. The molecule has 1 atom stereocenters. The van der Waals surface area contributed by atoms with E-state index in [0.29, 0.717) is 12.2 Å². The fraction of sp³-hybridized carbons (Fsp3) is 0.333. The lowest BCUT2D eigenvalue weighted by Crippen LogP contribution is -2.03. The fourth-order valence-electron chi connectivity index (χ4n) is 2.31. The standard InChI is InChI=1S/C18H22O3/c1-13-4-6-14(7-5-13)8-10-17(19)16-12-15(20-2)9-11-18(16)21-3/h4-7,9,11-12,17,19H,8,10H2,1-3H3. The Morgan fingerprint density at radius 1 is 1.00 bits per heavy atom. The molecular formula is C18H22O3. The second-order valence-electron chi connectivity index (χ2n) is 5.15. The normalized spacial score (nSPS) is 12.0. The molecule has 0 spiro atoms. The first-order chi connectivity index (χ1) is 10.1. The van der Waals surface area contributed by atoms with E-state index < -0.39 is 6.10 Å². The number of rotatable bonds is 6. The van der Waals surface area contributed by atoms with E-state index >= 15 is 0 Å². The van der Waals surface area contributed by atoms with Gasteiger partial charge in [0.25, 0.3) is 0 Å². The minimum Gasteiger partial charge on any atom is -0.497 e. The van der Waals surface area contributed by atoms with Gasteiger partial charge < -0.3 is 14.6 Å². The van der Waals surface area contributed by atoms with Crippen molar-refractivity contribution in [2.45, 2.75) is 25.9 Å². The van der Waals surface area contributed by atoms with E-state index in [1.807, 2.05) is 18.2 Å². The van der Waals surface area contributed by atoms with Crippen molar-refractivity contribution >= 4 is 0 Å². The Bertz CT molecular complexity index is 576. The molecule has 1 unspecified atom stereocenters. The summed E-state index contributed by atoms with van der Waals surface area (Å²) in [5.41, 5.74) is 3.24. The van der Waals surface area contributed by atoms with Crippen molar-refractivity contribution < 1.29 is 14.6 Å². The van der Waals surface area contributed by atoms with Gasteiger partial charge in [-0.15, -0.1) is 0 Å². The monoisotopic (exact) mass is 286 g/mol. The Balaban J connectivity index is 2.08. The van der Waals surface area contributed by atoms with Gasteiger partial charge in [0.1, 0.15) is 11.5 Å². The van der Waals surface area contributed by atoms with Gasteiger partial charge in [-0.25, -0.2) is 0 Å². The van der Waals surface area contributed by atoms with Crippen molar-refractivity contribution in [1.82, 2.24) is 0 Å². The van der Waals surface area contributed by atoms with Gasteiger partial charge in [0.05, 0.1) is 20.3 Å². The number of aliphatic hydroxyl groups is 1. The zero-order valence-electron chi connectivity index (χ0n) is 12.8. The largest absolute Gasteiger partial charge is 0.497 e. The van der Waals surface area contributed by atoms with Gasteiger partial charge in [-0.3, -0.25) is 0 Å². The van der Waals surface area contributed by atoms with E-state index in [2.05, 4.69) is 31.2 Å². The second kappa shape index (κ2) is 7.14. The first-order valence-electron chi connectivity index (χ1n) is 7.09. The molecule has 0 fully saturated rings. The maximum atomic E-state index is 10.4. The maximum absolute atomic E-state index is 10.4. The highest BCUT2D eigenvalue weighted by atomic mass is 16.5. The van der Waals surface area contributed by atoms with Gasteiger partial charge in [-0.05, 0) is 43.5 Å². The van der Waals surface area contributed by atoms with Gasteiger partial charge in [0.15, 0.2) is 0 Å². The molecule has 0 aromatic heterocycles. The minimum absolute atomic E-state index is 0.573. The summed E-state index contributed by atoms with van der Waals surface area (Å²) >= 11 is 0. The van der Waals surface area contributed by atoms with Crippen LogP contribution in [-0.4, -0.2) is 19.3 Å². The number of hydrogen-bond acceptors (Lipinski definition) is 3. The summed E-state index contributed by atoms with van der Waals surface area (Å²) in [6.45, 7) is 2.07. The average molecular weight is 286 g/mol. The highest BCUT2D eigenvalue weighted by molar-refractivity contribution is 5.41. The molecule has 0 saturated carbocycles. The molecule has 0 heterocycles. The van der Waals surface area contributed by atoms with E-state index in [1.165, 1.54) is 11.1 Å². The van der Waals surface area contributed by atoms with Crippen LogP contribution in [-0.2, 0) is 6.42 Å². The molecule has 21 heavy (non-hydrogen) atoms. The Labute approximate surface area is 126 Å². The van der Waals surface area contributed by atoms with Crippen LogP contribution in [0.4, 0.5) is 0 Å². The SMILES string of the molecule is COc1ccc(OC)c(C(O)CCc2ccc(C)cc2)c1. The summed E-state index contributed by atoms with van der Waals surface area (Å²) < 4.78 is 10.5. The molecule has 112 valence electrons. The molecule has 2 aromatic rings. The first-order valence-corrected chi connectivity index (χ1v) is 7.09. The molecule has 0 saturated heterocycles. The van der Waals surface area contributed by atoms with Crippen LogP contribution in [0.1, 0.15) is 29.2 Å². The third-order valence-corrected chi connectivity index (χ3v) is 3.62. The molecule has 0 aliphatic rings. The van der Waals surface area contributed by atoms with Crippen LogP contribution in [0, 0.1) is 6.92 Å². The first kappa shape index (κ1) is 15.4. The molecule has 2 aromatic carbocycles. The molecule has 3 nitrogen and oxygen atoms in total. The lowest BCUT2D eigenvalue weighted by molar-refractivity contribution is 0.163. The van der Waals surface area contributed by atoms with Crippen molar-refractivity contribution in [3.05, 3.63) is 59.2 Å². The highest BCUT2D eigenvalue weighted by Gasteiger charge is 2.14. The van der Waals surface area contributed by atoms with Crippen molar-refractivity contribution in [2.75, 3.05) is 14.2 Å². The van der Waals surface area contributed by atoms with Gasteiger partial charge in [-0.1, -0.05) is 29.8 Å². The van der Waals surface area contributed by atoms with Crippen molar-refractivity contribution in [1.29, 1.82) is 0 Å². The summed E-state index contributed by atoms with van der Waals surface area (Å²) in [4.78, 5) is 0. The lowest BCUT2D eigenvalue weighted by atomic mass is 10.00. The van der Waals surface area contributed by atoms with Crippen molar-refractivity contribution in [3.63, 3.8) is 0 Å². The van der Waals surface area contributed by atoms with Crippen LogP contribution < -0.4 is 9.47 Å². The van der Waals surface area contributed by atoms with E-state index in [0.717, 1.165) is 17.7 Å². The number of ether oxygens (including phenoxy) is 2. The highest BCUT2D eigenvalue weighted by Crippen LogP contribution is 2.31. The number of aryl methyl sites for hydroxylation is 2. The molecule has 0 bridgehead atoms. The summed E-state index contributed by atoms with van der Waals surface area (Å²) in [6, 6.07) is 13.9. The van der Waals surface area contributed by atoms with Gasteiger partial charge in [0.2, 0.25) is 0 Å². The van der Waals surface area contributed by atoms with Crippen LogP contribution in [0.3, 0.4) is 0 Å². The average Bonchev–Trinajstić information content (AvgIpc) is 2.53. The topological polar surface area (TPSA) is 38.7 Å². The minimum atomic E-state index is -0.573. The number of hydrogen-bond donors (Lipinski definition) is 1. The molecule has 0 aliphatic carbocycles. The zero-order valence-corrected chi connectivity index (χ0v) is 12.8. The number of benzene rings is 2.